The number of anilines is 2. The van der Waals surface area contributed by atoms with Gasteiger partial charge in [-0.05, 0) is 57.2 Å². The molecule has 9 heteroatoms. The van der Waals surface area contributed by atoms with Gasteiger partial charge in [0.2, 0.25) is 5.88 Å². The number of nitrogens with zero attached hydrogens (tertiary/aromatic N) is 3. The lowest BCUT2D eigenvalue weighted by molar-refractivity contribution is -0.137. The van der Waals surface area contributed by atoms with Gasteiger partial charge < -0.3 is 14.5 Å². The number of ether oxygens (including phenoxy) is 1. The van der Waals surface area contributed by atoms with Gasteiger partial charge in [-0.2, -0.15) is 0 Å². The molecule has 4 amide bonds. The summed E-state index contributed by atoms with van der Waals surface area (Å²) in [5, 5.41) is 4.45. The molecule has 172 valence electrons. The Kier molecular flexibility index (Phi) is 5.19. The van der Waals surface area contributed by atoms with Crippen molar-refractivity contribution in [3.63, 3.8) is 0 Å². The highest BCUT2D eigenvalue weighted by Gasteiger charge is 2.57. The molecule has 3 aliphatic heterocycles. The monoisotopic (exact) mass is 449 g/mol. The average Bonchev–Trinajstić information content (AvgIpc) is 3.24. The van der Waals surface area contributed by atoms with E-state index in [0.717, 1.165) is 30.8 Å². The van der Waals surface area contributed by atoms with Crippen LogP contribution in [0.25, 0.3) is 0 Å². The minimum absolute atomic E-state index is 0.331. The molecule has 1 aromatic heterocycles. The van der Waals surface area contributed by atoms with E-state index in [9.17, 15) is 14.4 Å². The molecular weight excluding hydrogens is 422 g/mol. The van der Waals surface area contributed by atoms with Crippen molar-refractivity contribution in [1.29, 1.82) is 0 Å². The number of aromatic nitrogens is 1. The predicted octanol–water partition coefficient (Wildman–Crippen LogP) is 2.74. The van der Waals surface area contributed by atoms with Gasteiger partial charge in [0.1, 0.15) is 0 Å². The average molecular weight is 450 g/mol. The summed E-state index contributed by atoms with van der Waals surface area (Å²) in [4.78, 5) is 45.4. The number of carbonyl (C=O) groups is 3. The normalized spacial score (nSPS) is 19.5. The minimum Gasteiger partial charge on any atom is -0.437 e. The van der Waals surface area contributed by atoms with E-state index in [4.69, 9.17) is 4.74 Å². The first-order chi connectivity index (χ1) is 15.9. The molecule has 0 saturated carbocycles. The number of barbiturate groups is 1. The highest BCUT2D eigenvalue weighted by atomic mass is 16.5. The van der Waals surface area contributed by atoms with Gasteiger partial charge in [0.15, 0.2) is 11.3 Å². The highest BCUT2D eigenvalue weighted by Crippen LogP contribution is 2.40. The summed E-state index contributed by atoms with van der Waals surface area (Å²) in [5.41, 5.74) is 1.57. The molecule has 1 aromatic carbocycles. The van der Waals surface area contributed by atoms with E-state index < -0.39 is 23.4 Å². The number of fused-ring (bicyclic) bond motifs is 1. The summed E-state index contributed by atoms with van der Waals surface area (Å²) in [6.45, 7) is 5.85. The van der Waals surface area contributed by atoms with E-state index in [2.05, 4.69) is 40.4 Å². The number of aryl methyl sites for hydroxylation is 1. The van der Waals surface area contributed by atoms with E-state index in [1.807, 2.05) is 12.1 Å². The van der Waals surface area contributed by atoms with Crippen LogP contribution in [0.2, 0.25) is 0 Å². The van der Waals surface area contributed by atoms with Crippen LogP contribution < -0.4 is 25.2 Å². The lowest BCUT2D eigenvalue weighted by Gasteiger charge is -2.38. The third-order valence-corrected chi connectivity index (χ3v) is 6.67. The molecule has 0 aliphatic carbocycles. The van der Waals surface area contributed by atoms with Gasteiger partial charge in [0.25, 0.3) is 11.8 Å². The van der Waals surface area contributed by atoms with Crippen molar-refractivity contribution in [1.82, 2.24) is 15.6 Å². The Morgan fingerprint density at radius 1 is 1.03 bits per heavy atom. The molecule has 1 spiro atoms. The molecule has 0 radical (unpaired) electrons. The molecule has 0 unspecified atom stereocenters. The van der Waals surface area contributed by atoms with E-state index in [0.29, 0.717) is 37.0 Å². The van der Waals surface area contributed by atoms with Gasteiger partial charge in [-0.1, -0.05) is 12.1 Å². The summed E-state index contributed by atoms with van der Waals surface area (Å²) in [5.74, 6) is 0.00303. The van der Waals surface area contributed by atoms with E-state index in [1.54, 1.807) is 23.2 Å². The molecular formula is C24H27N5O4. The van der Waals surface area contributed by atoms with Crippen molar-refractivity contribution < 1.29 is 19.1 Å². The lowest BCUT2D eigenvalue weighted by Crippen LogP contribution is -2.71. The Morgan fingerprint density at radius 3 is 2.52 bits per heavy atom. The van der Waals surface area contributed by atoms with Crippen LogP contribution in [0.5, 0.6) is 11.6 Å². The van der Waals surface area contributed by atoms with Crippen LogP contribution in [0.1, 0.15) is 38.7 Å². The Balaban J connectivity index is 1.41. The van der Waals surface area contributed by atoms with Crippen LogP contribution >= 0.6 is 0 Å². The molecule has 0 bridgehead atoms. The SMILES string of the molecule is CC(C)N1CCCc2cccc(Oc3ccc(N4CCCC45C(=O)NC(=O)NC5=O)cn3)c21. The maximum Gasteiger partial charge on any atom is 0.328 e. The van der Waals surface area contributed by atoms with Gasteiger partial charge in [0, 0.05) is 25.2 Å². The second-order valence-corrected chi connectivity index (χ2v) is 8.96. The zero-order chi connectivity index (χ0) is 23.2. The first-order valence-electron chi connectivity index (χ1n) is 11.4. The van der Waals surface area contributed by atoms with E-state index >= 15 is 0 Å². The first-order valence-corrected chi connectivity index (χ1v) is 11.4. The van der Waals surface area contributed by atoms with Crippen molar-refractivity contribution in [2.45, 2.75) is 51.1 Å². The van der Waals surface area contributed by atoms with Crippen molar-refractivity contribution in [3.8, 4) is 11.6 Å². The molecule has 3 aliphatic rings. The number of pyridine rings is 1. The molecule has 4 heterocycles. The van der Waals surface area contributed by atoms with Gasteiger partial charge in [-0.25, -0.2) is 9.78 Å². The van der Waals surface area contributed by atoms with Gasteiger partial charge >= 0.3 is 6.03 Å². The van der Waals surface area contributed by atoms with Gasteiger partial charge in [0.05, 0.1) is 17.6 Å². The van der Waals surface area contributed by atoms with Crippen molar-refractivity contribution >= 4 is 29.2 Å². The number of nitrogens with one attached hydrogen (secondary N) is 2. The molecule has 2 aromatic rings. The third-order valence-electron chi connectivity index (χ3n) is 6.67. The Bertz CT molecular complexity index is 1090. The highest BCUT2D eigenvalue weighted by molar-refractivity contribution is 6.24. The lowest BCUT2D eigenvalue weighted by atomic mass is 9.92. The Hall–Kier alpha value is -3.62. The summed E-state index contributed by atoms with van der Waals surface area (Å²) in [6, 6.07) is 9.21. The molecule has 33 heavy (non-hydrogen) atoms. The van der Waals surface area contributed by atoms with Crippen LogP contribution in [0, 0.1) is 0 Å². The van der Waals surface area contributed by atoms with Gasteiger partial charge in [-0.15, -0.1) is 0 Å². The van der Waals surface area contributed by atoms with Crippen molar-refractivity contribution in [3.05, 3.63) is 42.1 Å². The molecule has 2 saturated heterocycles. The number of para-hydroxylation sites is 1. The number of urea groups is 1. The number of hydrogen-bond acceptors (Lipinski definition) is 7. The maximum atomic E-state index is 12.7. The number of rotatable bonds is 4. The summed E-state index contributed by atoms with van der Waals surface area (Å²) in [7, 11) is 0. The fourth-order valence-electron chi connectivity index (χ4n) is 5.14. The van der Waals surface area contributed by atoms with Crippen molar-refractivity contribution in [2.24, 2.45) is 0 Å². The third kappa shape index (κ3) is 3.48. The smallest absolute Gasteiger partial charge is 0.328 e. The zero-order valence-corrected chi connectivity index (χ0v) is 18.8. The summed E-state index contributed by atoms with van der Waals surface area (Å²) in [6.07, 6.45) is 4.72. The summed E-state index contributed by atoms with van der Waals surface area (Å²) < 4.78 is 6.19. The second kappa shape index (κ2) is 8.06. The fourth-order valence-corrected chi connectivity index (χ4v) is 5.14. The fraction of sp³-hybridized carbons (Fsp3) is 0.417. The quantitative estimate of drug-likeness (QED) is 0.692. The largest absolute Gasteiger partial charge is 0.437 e. The second-order valence-electron chi connectivity index (χ2n) is 8.96. The molecule has 2 N–H and O–H groups in total. The van der Waals surface area contributed by atoms with Crippen LogP contribution in [0.15, 0.2) is 36.5 Å². The van der Waals surface area contributed by atoms with Crippen LogP contribution in [0.4, 0.5) is 16.2 Å². The first kappa shape index (κ1) is 21.2. The molecule has 2 fully saturated rings. The number of imide groups is 2. The topological polar surface area (TPSA) is 104 Å². The molecule has 0 atom stereocenters. The van der Waals surface area contributed by atoms with Crippen molar-refractivity contribution in [2.75, 3.05) is 22.9 Å². The summed E-state index contributed by atoms with van der Waals surface area (Å²) >= 11 is 0. The van der Waals surface area contributed by atoms with E-state index in [1.165, 1.54) is 5.56 Å². The van der Waals surface area contributed by atoms with Crippen LogP contribution in [-0.2, 0) is 16.0 Å². The standard InChI is InChI=1S/C24H27N5O4/c1-15(2)28-12-4-7-16-6-3-8-18(20(16)28)33-19-10-9-17(14-25-19)29-13-5-11-24(29)21(30)26-23(32)27-22(24)31/h3,6,8-10,14-15H,4-5,7,11-13H2,1-2H3,(H2,26,27,30,31,32). The minimum atomic E-state index is -1.44. The number of amides is 4. The van der Waals surface area contributed by atoms with Gasteiger partial charge in [-0.3, -0.25) is 20.2 Å². The molecule has 5 rings (SSSR count). The Morgan fingerprint density at radius 2 is 1.82 bits per heavy atom. The Labute approximate surface area is 192 Å². The van der Waals surface area contributed by atoms with E-state index in [-0.39, 0.29) is 0 Å². The zero-order valence-electron chi connectivity index (χ0n) is 18.8. The maximum absolute atomic E-state index is 12.7. The molecule has 9 nitrogen and oxygen atoms in total. The number of hydrogen-bond donors (Lipinski definition) is 2. The van der Waals surface area contributed by atoms with Crippen LogP contribution in [-0.4, -0.2) is 47.5 Å². The number of benzene rings is 1. The number of carbonyl (C=O) groups excluding carboxylic acids is 3. The van der Waals surface area contributed by atoms with Crippen LogP contribution in [0.3, 0.4) is 0 Å². The predicted molar refractivity (Wildman–Crippen MR) is 123 cm³/mol.